The molecule has 2 aliphatic heterocycles. The van der Waals surface area contributed by atoms with Crippen LogP contribution in [0.3, 0.4) is 0 Å². The molecule has 4 rings (SSSR count). The number of thiocarbonyl (C=S) groups is 1. The molecule has 1 aromatic carbocycles. The summed E-state index contributed by atoms with van der Waals surface area (Å²) < 4.78 is 7.44. The molecule has 1 unspecified atom stereocenters. The third-order valence-electron chi connectivity index (χ3n) is 5.07. The zero-order valence-electron chi connectivity index (χ0n) is 15.6. The van der Waals surface area contributed by atoms with Crippen LogP contribution in [0.15, 0.2) is 36.2 Å². The number of para-hydroxylation sites is 1. The number of nitrogens with one attached hydrogen (secondary N) is 2. The fourth-order valence-corrected chi connectivity index (χ4v) is 3.74. The Morgan fingerprint density at radius 3 is 2.96 bits per heavy atom. The molecule has 0 radical (unpaired) electrons. The zero-order valence-corrected chi connectivity index (χ0v) is 16.4. The Morgan fingerprint density at radius 2 is 2.25 bits per heavy atom. The number of benzene rings is 1. The number of likely N-dealkylation sites (N-methyl/N-ethyl adjacent to an activating group) is 1. The second-order valence-corrected chi connectivity index (χ2v) is 7.41. The predicted octanol–water partition coefficient (Wildman–Crippen LogP) is 1.62. The third kappa shape index (κ3) is 3.65. The maximum absolute atomic E-state index is 12.4. The lowest BCUT2D eigenvalue weighted by molar-refractivity contribution is -0.122. The molecule has 0 bridgehead atoms. The average molecular weight is 398 g/mol. The first kappa shape index (κ1) is 18.6. The highest BCUT2D eigenvalue weighted by Crippen LogP contribution is 2.24. The van der Waals surface area contributed by atoms with Crippen molar-refractivity contribution in [2.75, 3.05) is 20.2 Å². The summed E-state index contributed by atoms with van der Waals surface area (Å²) >= 11 is 5.13. The van der Waals surface area contributed by atoms with Crippen LogP contribution >= 0.6 is 12.2 Å². The SMILES string of the molecule is CN1C(=O)/C(=C/c2cn(CC(=O)NCC3CCCO3)c3ccccc23)NC1=S. The summed E-state index contributed by atoms with van der Waals surface area (Å²) in [6.07, 6.45) is 5.82. The van der Waals surface area contributed by atoms with Gasteiger partial charge in [-0.3, -0.25) is 14.5 Å². The van der Waals surface area contributed by atoms with Crippen LogP contribution in [0.1, 0.15) is 18.4 Å². The van der Waals surface area contributed by atoms with Gasteiger partial charge in [0.15, 0.2) is 5.11 Å². The van der Waals surface area contributed by atoms with Crippen molar-refractivity contribution in [3.63, 3.8) is 0 Å². The van der Waals surface area contributed by atoms with Crippen LogP contribution in [0, 0.1) is 0 Å². The van der Waals surface area contributed by atoms with Crippen molar-refractivity contribution in [1.29, 1.82) is 0 Å². The first-order valence-corrected chi connectivity index (χ1v) is 9.70. The van der Waals surface area contributed by atoms with E-state index in [0.717, 1.165) is 35.9 Å². The summed E-state index contributed by atoms with van der Waals surface area (Å²) in [5.74, 6) is -0.234. The Balaban J connectivity index is 1.55. The summed E-state index contributed by atoms with van der Waals surface area (Å²) in [6.45, 7) is 1.51. The molecule has 2 amide bonds. The van der Waals surface area contributed by atoms with Crippen LogP contribution in [-0.2, 0) is 20.9 Å². The normalized spacial score (nSPS) is 21.0. The van der Waals surface area contributed by atoms with Crippen molar-refractivity contribution < 1.29 is 14.3 Å². The van der Waals surface area contributed by atoms with Gasteiger partial charge in [0.1, 0.15) is 12.2 Å². The minimum Gasteiger partial charge on any atom is -0.376 e. The summed E-state index contributed by atoms with van der Waals surface area (Å²) in [4.78, 5) is 26.1. The average Bonchev–Trinajstić information content (AvgIpc) is 3.38. The molecule has 146 valence electrons. The Hall–Kier alpha value is -2.71. The van der Waals surface area contributed by atoms with E-state index in [1.807, 2.05) is 35.0 Å². The van der Waals surface area contributed by atoms with Gasteiger partial charge >= 0.3 is 0 Å². The molecule has 0 aliphatic carbocycles. The number of amides is 2. The minimum atomic E-state index is -0.170. The number of carbonyl (C=O) groups is 2. The lowest BCUT2D eigenvalue weighted by Gasteiger charge is -2.11. The van der Waals surface area contributed by atoms with Gasteiger partial charge in [-0.15, -0.1) is 0 Å². The Kier molecular flexibility index (Phi) is 5.15. The molecule has 2 aliphatic rings. The largest absolute Gasteiger partial charge is 0.376 e. The molecule has 2 aromatic rings. The summed E-state index contributed by atoms with van der Waals surface area (Å²) in [6, 6.07) is 7.81. The van der Waals surface area contributed by atoms with Crippen LogP contribution < -0.4 is 10.6 Å². The van der Waals surface area contributed by atoms with Gasteiger partial charge in [-0.05, 0) is 37.2 Å². The number of ether oxygens (including phenoxy) is 1. The van der Waals surface area contributed by atoms with Crippen molar-refractivity contribution in [3.8, 4) is 0 Å². The predicted molar refractivity (Wildman–Crippen MR) is 110 cm³/mol. The highest BCUT2D eigenvalue weighted by atomic mass is 32.1. The first-order valence-electron chi connectivity index (χ1n) is 9.30. The molecule has 2 saturated heterocycles. The standard InChI is InChI=1S/C20H22N4O3S/c1-23-19(26)16(22-20(23)28)9-13-11-24(17-7-3-2-6-15(13)17)12-18(25)21-10-14-5-4-8-27-14/h2-3,6-7,9,11,14H,4-5,8,10,12H2,1H3,(H,21,25)(H,22,28)/b16-9-. The van der Waals surface area contributed by atoms with Crippen LogP contribution in [-0.4, -0.2) is 52.7 Å². The Bertz CT molecular complexity index is 975. The number of rotatable bonds is 5. The number of hydrogen-bond donors (Lipinski definition) is 2. The van der Waals surface area contributed by atoms with E-state index in [1.165, 1.54) is 4.90 Å². The smallest absolute Gasteiger partial charge is 0.276 e. The number of nitrogens with zero attached hydrogens (tertiary/aromatic N) is 2. The minimum absolute atomic E-state index is 0.0635. The van der Waals surface area contributed by atoms with Crippen LogP contribution in [0.4, 0.5) is 0 Å². The molecule has 0 spiro atoms. The van der Waals surface area contributed by atoms with Crippen LogP contribution in [0.25, 0.3) is 17.0 Å². The fraction of sp³-hybridized carbons (Fsp3) is 0.350. The lowest BCUT2D eigenvalue weighted by atomic mass is 10.1. The van der Waals surface area contributed by atoms with Gasteiger partial charge in [-0.1, -0.05) is 18.2 Å². The maximum atomic E-state index is 12.4. The molecular formula is C20H22N4O3S. The second kappa shape index (κ2) is 7.73. The number of aromatic nitrogens is 1. The van der Waals surface area contributed by atoms with Crippen molar-refractivity contribution in [3.05, 3.63) is 41.7 Å². The Labute approximate surface area is 168 Å². The lowest BCUT2D eigenvalue weighted by Crippen LogP contribution is -2.34. The van der Waals surface area contributed by atoms with Gasteiger partial charge in [-0.25, -0.2) is 0 Å². The molecule has 2 fully saturated rings. The van der Waals surface area contributed by atoms with Gasteiger partial charge in [0, 0.05) is 42.9 Å². The monoisotopic (exact) mass is 398 g/mol. The van der Waals surface area contributed by atoms with Crippen LogP contribution in [0.5, 0.6) is 0 Å². The molecule has 2 N–H and O–H groups in total. The molecule has 3 heterocycles. The first-order chi connectivity index (χ1) is 13.5. The van der Waals surface area contributed by atoms with Gasteiger partial charge in [0.25, 0.3) is 5.91 Å². The van der Waals surface area contributed by atoms with Gasteiger partial charge < -0.3 is 19.9 Å². The molecule has 8 heteroatoms. The number of fused-ring (bicyclic) bond motifs is 1. The molecule has 28 heavy (non-hydrogen) atoms. The van der Waals surface area contributed by atoms with E-state index < -0.39 is 0 Å². The molecule has 0 saturated carbocycles. The van der Waals surface area contributed by atoms with E-state index >= 15 is 0 Å². The summed E-state index contributed by atoms with van der Waals surface area (Å²) in [7, 11) is 1.64. The molecule has 7 nitrogen and oxygen atoms in total. The Morgan fingerprint density at radius 1 is 1.43 bits per heavy atom. The number of hydrogen-bond acceptors (Lipinski definition) is 4. The van der Waals surface area contributed by atoms with E-state index in [0.29, 0.717) is 17.4 Å². The molecule has 1 atom stereocenters. The van der Waals surface area contributed by atoms with Crippen LogP contribution in [0.2, 0.25) is 0 Å². The summed E-state index contributed by atoms with van der Waals surface area (Å²) in [5.41, 5.74) is 2.22. The van der Waals surface area contributed by atoms with Crippen molar-refractivity contribution in [2.45, 2.75) is 25.5 Å². The van der Waals surface area contributed by atoms with E-state index in [9.17, 15) is 9.59 Å². The van der Waals surface area contributed by atoms with Crippen molar-refractivity contribution in [2.24, 2.45) is 0 Å². The molecule has 1 aromatic heterocycles. The van der Waals surface area contributed by atoms with E-state index in [4.69, 9.17) is 17.0 Å². The van der Waals surface area contributed by atoms with Gasteiger partial charge in [-0.2, -0.15) is 0 Å². The van der Waals surface area contributed by atoms with Gasteiger partial charge in [0.05, 0.1) is 6.10 Å². The fourth-order valence-electron chi connectivity index (χ4n) is 3.54. The van der Waals surface area contributed by atoms with E-state index in [1.54, 1.807) is 13.1 Å². The van der Waals surface area contributed by atoms with Gasteiger partial charge in [0.2, 0.25) is 5.91 Å². The third-order valence-corrected chi connectivity index (χ3v) is 5.44. The molecular weight excluding hydrogens is 376 g/mol. The highest BCUT2D eigenvalue weighted by molar-refractivity contribution is 7.80. The second-order valence-electron chi connectivity index (χ2n) is 7.02. The summed E-state index contributed by atoms with van der Waals surface area (Å²) in [5, 5.41) is 7.24. The van der Waals surface area contributed by atoms with Crippen molar-refractivity contribution in [1.82, 2.24) is 20.1 Å². The van der Waals surface area contributed by atoms with Crippen molar-refractivity contribution >= 4 is 46.1 Å². The van der Waals surface area contributed by atoms with E-state index in [2.05, 4.69) is 10.6 Å². The highest BCUT2D eigenvalue weighted by Gasteiger charge is 2.27. The topological polar surface area (TPSA) is 75.6 Å². The number of carbonyl (C=O) groups excluding carboxylic acids is 2. The zero-order chi connectivity index (χ0) is 19.7. The quantitative estimate of drug-likeness (QED) is 0.591. The maximum Gasteiger partial charge on any atom is 0.276 e. The van der Waals surface area contributed by atoms with E-state index in [-0.39, 0.29) is 24.5 Å².